The Bertz CT molecular complexity index is 812. The molecule has 1 saturated heterocycles. The number of nitrogens with one attached hydrogen (secondary N) is 1. The maximum Gasteiger partial charge on any atom is 0.317 e. The van der Waals surface area contributed by atoms with Gasteiger partial charge in [-0.2, -0.15) is 0 Å². The molecule has 3 rings (SSSR count). The number of hydrogen-bond donors (Lipinski definition) is 1. The Morgan fingerprint density at radius 3 is 2.33 bits per heavy atom. The van der Waals surface area contributed by atoms with Crippen LogP contribution in [0.5, 0.6) is 0 Å². The molecule has 1 fully saturated rings. The number of urea groups is 1. The van der Waals surface area contributed by atoms with E-state index in [2.05, 4.69) is 29.3 Å². The molecule has 1 N–H and O–H groups in total. The molecular weight excluding hydrogens is 374 g/mol. The molecule has 1 aliphatic heterocycles. The van der Waals surface area contributed by atoms with Crippen molar-refractivity contribution in [2.45, 2.75) is 33.1 Å². The number of carbonyl (C=O) groups is 2. The third kappa shape index (κ3) is 5.85. The van der Waals surface area contributed by atoms with Crippen LogP contribution in [-0.4, -0.2) is 49.4 Å². The molecule has 2 amide bonds. The van der Waals surface area contributed by atoms with E-state index in [1.165, 1.54) is 5.69 Å². The first-order valence-corrected chi connectivity index (χ1v) is 11.0. The maximum atomic E-state index is 12.7. The zero-order valence-corrected chi connectivity index (χ0v) is 18.1. The Balaban J connectivity index is 1.38. The van der Waals surface area contributed by atoms with Crippen LogP contribution in [0.1, 0.15) is 42.1 Å². The van der Waals surface area contributed by atoms with Gasteiger partial charge in [0, 0.05) is 49.9 Å². The van der Waals surface area contributed by atoms with Crippen molar-refractivity contribution in [3.8, 4) is 0 Å². The Morgan fingerprint density at radius 2 is 1.70 bits per heavy atom. The van der Waals surface area contributed by atoms with E-state index in [0.29, 0.717) is 19.6 Å². The number of amides is 2. The first kappa shape index (κ1) is 21.9. The topological polar surface area (TPSA) is 52.7 Å². The van der Waals surface area contributed by atoms with Gasteiger partial charge in [0.2, 0.25) is 0 Å². The standard InChI is InChI=1S/C25H33N3O2/c1-3-27(23-8-5-4-6-9-23)17-7-16-26-25(30)28-18-14-22(15-19-28)24(29)21-12-10-20(2)11-13-21/h4-6,8-13,22H,3,7,14-19H2,1-2H3,(H,26,30). The summed E-state index contributed by atoms with van der Waals surface area (Å²) in [5, 5.41) is 3.04. The van der Waals surface area contributed by atoms with E-state index in [9.17, 15) is 9.59 Å². The molecule has 0 saturated carbocycles. The zero-order valence-electron chi connectivity index (χ0n) is 18.1. The van der Waals surface area contributed by atoms with Crippen molar-refractivity contribution in [2.75, 3.05) is 37.6 Å². The van der Waals surface area contributed by atoms with Gasteiger partial charge >= 0.3 is 6.03 Å². The lowest BCUT2D eigenvalue weighted by Gasteiger charge is -2.31. The highest BCUT2D eigenvalue weighted by Crippen LogP contribution is 2.22. The third-order valence-corrected chi connectivity index (χ3v) is 5.87. The first-order chi connectivity index (χ1) is 14.6. The van der Waals surface area contributed by atoms with Crippen LogP contribution in [0.25, 0.3) is 0 Å². The normalized spacial score (nSPS) is 14.4. The van der Waals surface area contributed by atoms with Crippen molar-refractivity contribution in [3.05, 3.63) is 65.7 Å². The summed E-state index contributed by atoms with van der Waals surface area (Å²) in [5.41, 5.74) is 3.15. The average molecular weight is 408 g/mol. The molecule has 5 nitrogen and oxygen atoms in total. The van der Waals surface area contributed by atoms with Gasteiger partial charge in [0.05, 0.1) is 0 Å². The SMILES string of the molecule is CCN(CCCNC(=O)N1CCC(C(=O)c2ccc(C)cc2)CC1)c1ccccc1. The van der Waals surface area contributed by atoms with Gasteiger partial charge < -0.3 is 15.1 Å². The predicted molar refractivity (Wildman–Crippen MR) is 122 cm³/mol. The van der Waals surface area contributed by atoms with Crippen molar-refractivity contribution in [3.63, 3.8) is 0 Å². The third-order valence-electron chi connectivity index (χ3n) is 5.87. The lowest BCUT2D eigenvalue weighted by molar-refractivity contribution is 0.0854. The lowest BCUT2D eigenvalue weighted by atomic mass is 9.89. The number of likely N-dealkylation sites (tertiary alicyclic amines) is 1. The van der Waals surface area contributed by atoms with Crippen LogP contribution >= 0.6 is 0 Å². The summed E-state index contributed by atoms with van der Waals surface area (Å²) < 4.78 is 0. The summed E-state index contributed by atoms with van der Waals surface area (Å²) in [6.45, 7) is 7.96. The highest BCUT2D eigenvalue weighted by atomic mass is 16.2. The van der Waals surface area contributed by atoms with Crippen LogP contribution < -0.4 is 10.2 Å². The van der Waals surface area contributed by atoms with E-state index in [1.807, 2.05) is 54.3 Å². The van der Waals surface area contributed by atoms with Crippen LogP contribution in [-0.2, 0) is 0 Å². The first-order valence-electron chi connectivity index (χ1n) is 11.0. The fourth-order valence-corrected chi connectivity index (χ4v) is 3.98. The number of aryl methyl sites for hydroxylation is 1. The van der Waals surface area contributed by atoms with Crippen LogP contribution in [0, 0.1) is 12.8 Å². The van der Waals surface area contributed by atoms with Gasteiger partial charge in [-0.1, -0.05) is 48.0 Å². The summed E-state index contributed by atoms with van der Waals surface area (Å²) in [5.74, 6) is 0.219. The lowest BCUT2D eigenvalue weighted by Crippen LogP contribution is -2.46. The monoisotopic (exact) mass is 407 g/mol. The van der Waals surface area contributed by atoms with E-state index in [1.54, 1.807) is 0 Å². The van der Waals surface area contributed by atoms with E-state index in [-0.39, 0.29) is 17.7 Å². The summed E-state index contributed by atoms with van der Waals surface area (Å²) in [6, 6.07) is 18.1. The molecule has 5 heteroatoms. The van der Waals surface area contributed by atoms with E-state index >= 15 is 0 Å². The molecule has 1 aliphatic rings. The molecule has 0 aliphatic carbocycles. The number of benzene rings is 2. The van der Waals surface area contributed by atoms with Gasteiger partial charge in [0.1, 0.15) is 0 Å². The maximum absolute atomic E-state index is 12.7. The van der Waals surface area contributed by atoms with Crippen LogP contribution in [0.3, 0.4) is 0 Å². The summed E-state index contributed by atoms with van der Waals surface area (Å²) in [7, 11) is 0. The van der Waals surface area contributed by atoms with Crippen LogP contribution in [0.15, 0.2) is 54.6 Å². The number of anilines is 1. The number of para-hydroxylation sites is 1. The van der Waals surface area contributed by atoms with Gasteiger partial charge in [-0.3, -0.25) is 4.79 Å². The fourth-order valence-electron chi connectivity index (χ4n) is 3.98. The van der Waals surface area contributed by atoms with Crippen molar-refractivity contribution < 1.29 is 9.59 Å². The molecule has 1 heterocycles. The minimum absolute atomic E-state index is 0.0146. The molecule has 160 valence electrons. The van der Waals surface area contributed by atoms with Gasteiger partial charge in [0.15, 0.2) is 5.78 Å². The van der Waals surface area contributed by atoms with Gasteiger partial charge in [0.25, 0.3) is 0 Å². The number of carbonyl (C=O) groups excluding carboxylic acids is 2. The number of ketones is 1. The van der Waals surface area contributed by atoms with Gasteiger partial charge in [-0.05, 0) is 45.2 Å². The largest absolute Gasteiger partial charge is 0.372 e. The molecule has 0 bridgehead atoms. The predicted octanol–water partition coefficient (Wildman–Crippen LogP) is 4.52. The second kappa shape index (κ2) is 10.8. The van der Waals surface area contributed by atoms with Crippen molar-refractivity contribution in [1.29, 1.82) is 0 Å². The summed E-state index contributed by atoms with van der Waals surface area (Å²) in [4.78, 5) is 29.3. The number of rotatable bonds is 8. The van der Waals surface area contributed by atoms with E-state index in [0.717, 1.165) is 43.5 Å². The van der Waals surface area contributed by atoms with Crippen molar-refractivity contribution >= 4 is 17.5 Å². The average Bonchev–Trinajstić information content (AvgIpc) is 2.79. The van der Waals surface area contributed by atoms with Crippen molar-refractivity contribution in [2.24, 2.45) is 5.92 Å². The molecule has 2 aromatic rings. The highest BCUT2D eigenvalue weighted by molar-refractivity contribution is 5.98. The summed E-state index contributed by atoms with van der Waals surface area (Å²) >= 11 is 0. The molecule has 2 aromatic carbocycles. The molecule has 0 unspecified atom stereocenters. The molecule has 0 atom stereocenters. The number of piperidine rings is 1. The second-order valence-corrected chi connectivity index (χ2v) is 7.99. The Morgan fingerprint density at radius 1 is 1.03 bits per heavy atom. The molecule has 0 radical (unpaired) electrons. The number of Topliss-reactive ketones (excluding diaryl/α,β-unsaturated/α-hetero) is 1. The molecule has 0 spiro atoms. The van der Waals surface area contributed by atoms with Crippen molar-refractivity contribution in [1.82, 2.24) is 10.2 Å². The van der Waals surface area contributed by atoms with Crippen LogP contribution in [0.4, 0.5) is 10.5 Å². The quantitative estimate of drug-likeness (QED) is 0.517. The Kier molecular flexibility index (Phi) is 7.89. The van der Waals surface area contributed by atoms with E-state index in [4.69, 9.17) is 0 Å². The summed E-state index contributed by atoms with van der Waals surface area (Å²) in [6.07, 6.45) is 2.37. The van der Waals surface area contributed by atoms with E-state index < -0.39 is 0 Å². The smallest absolute Gasteiger partial charge is 0.317 e. The molecular formula is C25H33N3O2. The minimum atomic E-state index is -0.0148. The van der Waals surface area contributed by atoms with Crippen LogP contribution in [0.2, 0.25) is 0 Å². The van der Waals surface area contributed by atoms with Gasteiger partial charge in [-0.15, -0.1) is 0 Å². The zero-order chi connectivity index (χ0) is 21.3. The molecule has 30 heavy (non-hydrogen) atoms. The second-order valence-electron chi connectivity index (χ2n) is 7.99. The number of nitrogens with zero attached hydrogens (tertiary/aromatic N) is 2. The highest BCUT2D eigenvalue weighted by Gasteiger charge is 2.27. The van der Waals surface area contributed by atoms with Gasteiger partial charge in [-0.25, -0.2) is 4.79 Å². The molecule has 0 aromatic heterocycles. The Hall–Kier alpha value is -2.82. The minimum Gasteiger partial charge on any atom is -0.372 e. The Labute approximate surface area is 180 Å². The fraction of sp³-hybridized carbons (Fsp3) is 0.440. The number of hydrogen-bond acceptors (Lipinski definition) is 3.